The van der Waals surface area contributed by atoms with Crippen LogP contribution in [-0.2, 0) is 0 Å². The minimum absolute atomic E-state index is 0.0197. The number of nitro benzene ring substituents is 1. The summed E-state index contributed by atoms with van der Waals surface area (Å²) in [5, 5.41) is 11.0. The number of nitrogens with two attached hydrogens (primary N) is 1. The topological polar surface area (TPSA) is 78.4 Å². The maximum Gasteiger partial charge on any atom is 0.311 e. The number of rotatable bonds is 3. The highest BCUT2D eigenvalue weighted by Gasteiger charge is 2.48. The summed E-state index contributed by atoms with van der Waals surface area (Å²) in [4.78, 5) is 10.6. The summed E-state index contributed by atoms with van der Waals surface area (Å²) in [6.07, 6.45) is 0.673. The van der Waals surface area contributed by atoms with Crippen molar-refractivity contribution in [2.75, 3.05) is 0 Å². The van der Waals surface area contributed by atoms with E-state index in [1.807, 2.05) is 26.8 Å². The average molecular weight is 250 g/mol. The quantitative estimate of drug-likeness (QED) is 0.660. The fourth-order valence-electron chi connectivity index (χ4n) is 2.14. The van der Waals surface area contributed by atoms with Crippen molar-refractivity contribution < 1.29 is 9.66 Å². The minimum atomic E-state index is -0.409. The molecule has 1 aliphatic carbocycles. The van der Waals surface area contributed by atoms with Crippen LogP contribution < -0.4 is 10.5 Å². The lowest BCUT2D eigenvalue weighted by Crippen LogP contribution is -2.60. The summed E-state index contributed by atoms with van der Waals surface area (Å²) < 4.78 is 5.76. The van der Waals surface area contributed by atoms with E-state index >= 15 is 0 Å². The van der Waals surface area contributed by atoms with E-state index in [4.69, 9.17) is 10.5 Å². The molecule has 5 heteroatoms. The van der Waals surface area contributed by atoms with E-state index in [2.05, 4.69) is 0 Å². The Morgan fingerprint density at radius 2 is 2.17 bits per heavy atom. The first-order chi connectivity index (χ1) is 8.32. The zero-order chi connectivity index (χ0) is 13.5. The molecule has 0 aromatic heterocycles. The van der Waals surface area contributed by atoms with E-state index in [0.717, 1.165) is 12.0 Å². The van der Waals surface area contributed by atoms with E-state index in [-0.39, 0.29) is 23.2 Å². The highest BCUT2D eigenvalue weighted by atomic mass is 16.6. The van der Waals surface area contributed by atoms with Crippen molar-refractivity contribution in [2.24, 2.45) is 11.1 Å². The zero-order valence-electron chi connectivity index (χ0n) is 10.8. The van der Waals surface area contributed by atoms with E-state index < -0.39 is 4.92 Å². The van der Waals surface area contributed by atoms with Gasteiger partial charge >= 0.3 is 5.69 Å². The van der Waals surface area contributed by atoms with Gasteiger partial charge in [0.05, 0.1) is 4.92 Å². The van der Waals surface area contributed by atoms with Crippen LogP contribution in [0.2, 0.25) is 0 Å². The molecule has 1 aromatic carbocycles. The maximum absolute atomic E-state index is 11.0. The molecule has 5 nitrogen and oxygen atoms in total. The first-order valence-corrected chi connectivity index (χ1v) is 5.99. The van der Waals surface area contributed by atoms with Crippen LogP contribution in [0.3, 0.4) is 0 Å². The van der Waals surface area contributed by atoms with Crippen LogP contribution >= 0.6 is 0 Å². The Kier molecular flexibility index (Phi) is 3.02. The van der Waals surface area contributed by atoms with Crippen molar-refractivity contribution in [3.63, 3.8) is 0 Å². The summed E-state index contributed by atoms with van der Waals surface area (Å²) in [5.41, 5.74) is 6.63. The van der Waals surface area contributed by atoms with Gasteiger partial charge in [-0.25, -0.2) is 0 Å². The molecule has 0 heterocycles. The Bertz CT molecular complexity index is 485. The Morgan fingerprint density at radius 1 is 1.50 bits per heavy atom. The van der Waals surface area contributed by atoms with Crippen LogP contribution in [-0.4, -0.2) is 17.1 Å². The van der Waals surface area contributed by atoms with Gasteiger partial charge in [-0.2, -0.15) is 0 Å². The number of benzene rings is 1. The van der Waals surface area contributed by atoms with Crippen molar-refractivity contribution in [3.05, 3.63) is 33.9 Å². The zero-order valence-corrected chi connectivity index (χ0v) is 10.8. The molecule has 1 saturated carbocycles. The minimum Gasteiger partial charge on any atom is -0.483 e. The summed E-state index contributed by atoms with van der Waals surface area (Å²) in [7, 11) is 0. The molecule has 0 spiro atoms. The molecule has 2 N–H and O–H groups in total. The number of nitro groups is 1. The van der Waals surface area contributed by atoms with Gasteiger partial charge in [0.2, 0.25) is 0 Å². The monoisotopic (exact) mass is 250 g/mol. The first kappa shape index (κ1) is 12.8. The molecule has 1 fully saturated rings. The smallest absolute Gasteiger partial charge is 0.311 e. The van der Waals surface area contributed by atoms with Crippen molar-refractivity contribution in [3.8, 4) is 5.75 Å². The van der Waals surface area contributed by atoms with Gasteiger partial charge in [-0.15, -0.1) is 0 Å². The second kappa shape index (κ2) is 4.24. The van der Waals surface area contributed by atoms with Gasteiger partial charge in [-0.1, -0.05) is 19.9 Å². The number of aryl methyl sites for hydroxylation is 1. The van der Waals surface area contributed by atoms with Crippen LogP contribution in [0, 0.1) is 22.5 Å². The molecule has 0 saturated heterocycles. The molecule has 0 radical (unpaired) electrons. The van der Waals surface area contributed by atoms with Crippen LogP contribution in [0.25, 0.3) is 0 Å². The molecule has 2 atom stereocenters. The SMILES string of the molecule is Cc1ccc(OC2CC(N)C2(C)C)c([N+](=O)[O-])c1. The molecule has 0 aliphatic heterocycles. The summed E-state index contributed by atoms with van der Waals surface area (Å²) in [6, 6.07) is 5.09. The van der Waals surface area contributed by atoms with Crippen molar-refractivity contribution in [2.45, 2.75) is 39.3 Å². The van der Waals surface area contributed by atoms with Gasteiger partial charge in [0, 0.05) is 23.9 Å². The van der Waals surface area contributed by atoms with E-state index in [0.29, 0.717) is 5.75 Å². The van der Waals surface area contributed by atoms with Gasteiger partial charge in [0.25, 0.3) is 0 Å². The highest BCUT2D eigenvalue weighted by Crippen LogP contribution is 2.43. The normalized spacial score (nSPS) is 25.3. The van der Waals surface area contributed by atoms with Crippen LogP contribution in [0.5, 0.6) is 5.75 Å². The van der Waals surface area contributed by atoms with E-state index in [1.54, 1.807) is 6.07 Å². The first-order valence-electron chi connectivity index (χ1n) is 5.99. The molecule has 18 heavy (non-hydrogen) atoms. The number of nitrogens with zero attached hydrogens (tertiary/aromatic N) is 1. The second-order valence-corrected chi connectivity index (χ2v) is 5.50. The summed E-state index contributed by atoms with van der Waals surface area (Å²) >= 11 is 0. The predicted molar refractivity (Wildman–Crippen MR) is 68.6 cm³/mol. The van der Waals surface area contributed by atoms with Crippen molar-refractivity contribution >= 4 is 5.69 Å². The van der Waals surface area contributed by atoms with Gasteiger partial charge in [0.15, 0.2) is 5.75 Å². The Labute approximate surface area is 106 Å². The van der Waals surface area contributed by atoms with Crippen LogP contribution in [0.15, 0.2) is 18.2 Å². The predicted octanol–water partition coefficient (Wildman–Crippen LogP) is 2.41. The van der Waals surface area contributed by atoms with Gasteiger partial charge in [-0.3, -0.25) is 10.1 Å². The molecule has 1 aromatic rings. The molecule has 2 rings (SSSR count). The second-order valence-electron chi connectivity index (χ2n) is 5.50. The highest BCUT2D eigenvalue weighted by molar-refractivity contribution is 5.48. The largest absolute Gasteiger partial charge is 0.483 e. The Morgan fingerprint density at radius 3 is 2.67 bits per heavy atom. The maximum atomic E-state index is 11.0. The molecular formula is C13H18N2O3. The lowest BCUT2D eigenvalue weighted by Gasteiger charge is -2.49. The molecule has 0 bridgehead atoms. The fourth-order valence-corrected chi connectivity index (χ4v) is 2.14. The number of ether oxygens (including phenoxy) is 1. The molecule has 98 valence electrons. The average Bonchev–Trinajstić information content (AvgIpc) is 2.30. The summed E-state index contributed by atoms with van der Waals surface area (Å²) in [5.74, 6) is 0.329. The molecule has 2 unspecified atom stereocenters. The lowest BCUT2D eigenvalue weighted by atomic mass is 9.65. The van der Waals surface area contributed by atoms with Crippen LogP contribution in [0.4, 0.5) is 5.69 Å². The van der Waals surface area contributed by atoms with E-state index in [9.17, 15) is 10.1 Å². The number of hydrogen-bond donors (Lipinski definition) is 1. The third kappa shape index (κ3) is 2.06. The number of hydrogen-bond acceptors (Lipinski definition) is 4. The van der Waals surface area contributed by atoms with E-state index in [1.165, 1.54) is 6.07 Å². The van der Waals surface area contributed by atoms with Crippen molar-refractivity contribution in [1.29, 1.82) is 0 Å². The third-order valence-electron chi connectivity index (χ3n) is 3.83. The molecule has 0 amide bonds. The summed E-state index contributed by atoms with van der Waals surface area (Å²) in [6.45, 7) is 5.86. The van der Waals surface area contributed by atoms with Crippen LogP contribution in [0.1, 0.15) is 25.8 Å². The third-order valence-corrected chi connectivity index (χ3v) is 3.83. The standard InChI is InChI=1S/C13H18N2O3/c1-8-4-5-10(9(6-8)15(16)17)18-12-7-11(14)13(12,2)3/h4-6,11-12H,7,14H2,1-3H3. The van der Waals surface area contributed by atoms with Gasteiger partial charge in [-0.05, 0) is 18.6 Å². The lowest BCUT2D eigenvalue weighted by molar-refractivity contribution is -0.386. The van der Waals surface area contributed by atoms with Gasteiger partial charge in [0.1, 0.15) is 6.10 Å². The van der Waals surface area contributed by atoms with Crippen molar-refractivity contribution in [1.82, 2.24) is 0 Å². The Hall–Kier alpha value is -1.62. The molecular weight excluding hydrogens is 232 g/mol. The Balaban J connectivity index is 2.23. The fraction of sp³-hybridized carbons (Fsp3) is 0.538. The molecule has 1 aliphatic rings. The van der Waals surface area contributed by atoms with Gasteiger partial charge < -0.3 is 10.5 Å².